The number of halogens is 1. The molecule has 0 unspecified atom stereocenters. The summed E-state index contributed by atoms with van der Waals surface area (Å²) in [6, 6.07) is 0. The Balaban J connectivity index is 2.72. The fourth-order valence-electron chi connectivity index (χ4n) is 1.01. The van der Waals surface area contributed by atoms with Crippen molar-refractivity contribution >= 4 is 17.4 Å². The first-order valence-electron chi connectivity index (χ1n) is 4.39. The van der Waals surface area contributed by atoms with Gasteiger partial charge >= 0.3 is 5.82 Å². The van der Waals surface area contributed by atoms with Crippen molar-refractivity contribution in [2.24, 2.45) is 0 Å². The average molecular weight is 234 g/mol. The van der Waals surface area contributed by atoms with Gasteiger partial charge in [0.2, 0.25) is 0 Å². The zero-order valence-electron chi connectivity index (χ0n) is 8.47. The molecule has 1 N–H and O–H groups in total. The van der Waals surface area contributed by atoms with Crippen LogP contribution in [0.2, 0.25) is 5.02 Å². The van der Waals surface area contributed by atoms with Gasteiger partial charge in [-0.15, -0.1) is 0 Å². The van der Waals surface area contributed by atoms with Crippen molar-refractivity contribution in [1.29, 1.82) is 0 Å². The molecule has 1 aromatic rings. The summed E-state index contributed by atoms with van der Waals surface area (Å²) in [5, 5.41) is 23.6. The van der Waals surface area contributed by atoms with Crippen molar-refractivity contribution in [3.05, 3.63) is 21.3 Å². The first-order chi connectivity index (χ1) is 6.79. The molecule has 0 saturated heterocycles. The highest BCUT2D eigenvalue weighted by molar-refractivity contribution is 6.32. The Kier molecular flexibility index (Phi) is 3.31. The van der Waals surface area contributed by atoms with Crippen molar-refractivity contribution < 1.29 is 10.0 Å². The Bertz CT molecular complexity index is 370. The number of aromatic nitrogens is 2. The smallest absolute Gasteiger partial charge is 0.390 e. The van der Waals surface area contributed by atoms with Gasteiger partial charge in [-0.25, -0.2) is 0 Å². The summed E-state index contributed by atoms with van der Waals surface area (Å²) >= 11 is 5.60. The Labute approximate surface area is 91.6 Å². The Morgan fingerprint density at radius 2 is 2.33 bits per heavy atom. The molecule has 0 saturated carbocycles. The molecular formula is C8H12ClN3O3. The van der Waals surface area contributed by atoms with Crippen LogP contribution in [0.15, 0.2) is 6.20 Å². The molecule has 0 atom stereocenters. The van der Waals surface area contributed by atoms with Crippen molar-refractivity contribution in [2.75, 3.05) is 0 Å². The summed E-state index contributed by atoms with van der Waals surface area (Å²) in [4.78, 5) is 9.80. The molecule has 0 fully saturated rings. The lowest BCUT2D eigenvalue weighted by Gasteiger charge is -2.15. The van der Waals surface area contributed by atoms with Crippen LogP contribution in [0.1, 0.15) is 20.3 Å². The van der Waals surface area contributed by atoms with Gasteiger partial charge in [-0.1, -0.05) is 11.6 Å². The standard InChI is InChI=1S/C8H12ClN3O3/c1-8(2,13)3-4-11-5-6(9)7(10-11)12(14)15/h5,13H,3-4H2,1-2H3. The van der Waals surface area contributed by atoms with Crippen LogP contribution in [-0.2, 0) is 6.54 Å². The van der Waals surface area contributed by atoms with Crippen LogP contribution < -0.4 is 0 Å². The lowest BCUT2D eigenvalue weighted by molar-refractivity contribution is -0.389. The van der Waals surface area contributed by atoms with Gasteiger partial charge in [-0.3, -0.25) is 0 Å². The van der Waals surface area contributed by atoms with E-state index in [4.69, 9.17) is 11.6 Å². The van der Waals surface area contributed by atoms with Crippen molar-refractivity contribution in [3.8, 4) is 0 Å². The largest absolute Gasteiger partial charge is 0.408 e. The van der Waals surface area contributed by atoms with Gasteiger partial charge in [-0.05, 0) is 25.2 Å². The minimum atomic E-state index is -0.826. The molecule has 84 valence electrons. The first-order valence-corrected chi connectivity index (χ1v) is 4.77. The second-order valence-corrected chi connectivity index (χ2v) is 4.29. The number of hydrogen-bond acceptors (Lipinski definition) is 4. The number of nitrogens with zero attached hydrogens (tertiary/aromatic N) is 3. The maximum atomic E-state index is 10.4. The van der Waals surface area contributed by atoms with Gasteiger partial charge < -0.3 is 15.2 Å². The highest BCUT2D eigenvalue weighted by Crippen LogP contribution is 2.21. The second-order valence-electron chi connectivity index (χ2n) is 3.88. The van der Waals surface area contributed by atoms with Crippen LogP contribution in [0.3, 0.4) is 0 Å². The molecule has 7 heteroatoms. The van der Waals surface area contributed by atoms with Crippen LogP contribution in [0.4, 0.5) is 5.82 Å². The van der Waals surface area contributed by atoms with Crippen LogP contribution in [0.5, 0.6) is 0 Å². The molecule has 0 aliphatic carbocycles. The number of aryl methyl sites for hydroxylation is 1. The fourth-order valence-corrected chi connectivity index (χ4v) is 1.23. The summed E-state index contributed by atoms with van der Waals surface area (Å²) in [6.45, 7) is 3.70. The summed E-state index contributed by atoms with van der Waals surface area (Å²) in [5.41, 5.74) is -0.826. The minimum absolute atomic E-state index is 0.00995. The summed E-state index contributed by atoms with van der Waals surface area (Å²) in [6.07, 6.45) is 1.83. The SMILES string of the molecule is CC(C)(O)CCn1cc(Cl)c([N+](=O)[O-])n1. The van der Waals surface area contributed by atoms with E-state index in [0.717, 1.165) is 0 Å². The van der Waals surface area contributed by atoms with Gasteiger partial charge in [0, 0.05) is 0 Å². The first kappa shape index (κ1) is 11.9. The van der Waals surface area contributed by atoms with E-state index in [1.807, 2.05) is 0 Å². The predicted octanol–water partition coefficient (Wildman–Crippen LogP) is 1.61. The molecule has 0 amide bonds. The lowest BCUT2D eigenvalue weighted by atomic mass is 10.1. The third-order valence-electron chi connectivity index (χ3n) is 1.82. The van der Waals surface area contributed by atoms with Gasteiger partial charge in [0.15, 0.2) is 5.02 Å². The molecule has 0 aliphatic rings. The van der Waals surface area contributed by atoms with E-state index in [2.05, 4.69) is 5.10 Å². The zero-order valence-corrected chi connectivity index (χ0v) is 9.23. The van der Waals surface area contributed by atoms with E-state index >= 15 is 0 Å². The Hall–Kier alpha value is -1.14. The van der Waals surface area contributed by atoms with Crippen LogP contribution in [-0.4, -0.2) is 25.4 Å². The topological polar surface area (TPSA) is 81.2 Å². The molecule has 1 heterocycles. The van der Waals surface area contributed by atoms with E-state index in [1.54, 1.807) is 13.8 Å². The number of rotatable bonds is 4. The summed E-state index contributed by atoms with van der Waals surface area (Å²) < 4.78 is 1.36. The van der Waals surface area contributed by atoms with Gasteiger partial charge in [0.1, 0.15) is 0 Å². The molecule has 1 aromatic heterocycles. The monoisotopic (exact) mass is 233 g/mol. The predicted molar refractivity (Wildman–Crippen MR) is 54.8 cm³/mol. The van der Waals surface area contributed by atoms with Crippen molar-refractivity contribution in [1.82, 2.24) is 9.78 Å². The quantitative estimate of drug-likeness (QED) is 0.633. The average Bonchev–Trinajstić information content (AvgIpc) is 2.42. The molecule has 15 heavy (non-hydrogen) atoms. The lowest BCUT2D eigenvalue weighted by Crippen LogP contribution is -2.21. The van der Waals surface area contributed by atoms with E-state index in [0.29, 0.717) is 13.0 Å². The molecule has 0 aliphatic heterocycles. The van der Waals surface area contributed by atoms with Crippen molar-refractivity contribution in [2.45, 2.75) is 32.4 Å². The molecule has 0 spiro atoms. The zero-order chi connectivity index (χ0) is 11.6. The van der Waals surface area contributed by atoms with E-state index < -0.39 is 10.5 Å². The highest BCUT2D eigenvalue weighted by atomic mass is 35.5. The van der Waals surface area contributed by atoms with Gasteiger partial charge in [0.25, 0.3) is 0 Å². The van der Waals surface area contributed by atoms with E-state index in [1.165, 1.54) is 10.9 Å². The molecule has 6 nitrogen and oxygen atoms in total. The number of hydrogen-bond donors (Lipinski definition) is 1. The van der Waals surface area contributed by atoms with Crippen LogP contribution in [0, 0.1) is 10.1 Å². The highest BCUT2D eigenvalue weighted by Gasteiger charge is 2.20. The van der Waals surface area contributed by atoms with Gasteiger partial charge in [-0.2, -0.15) is 4.68 Å². The van der Waals surface area contributed by atoms with Crippen LogP contribution >= 0.6 is 11.6 Å². The van der Waals surface area contributed by atoms with E-state index in [9.17, 15) is 15.2 Å². The second kappa shape index (κ2) is 4.16. The molecular weight excluding hydrogens is 222 g/mol. The fraction of sp³-hybridized carbons (Fsp3) is 0.625. The third kappa shape index (κ3) is 3.49. The maximum Gasteiger partial charge on any atom is 0.408 e. The molecule has 0 aromatic carbocycles. The molecule has 1 rings (SSSR count). The van der Waals surface area contributed by atoms with E-state index in [-0.39, 0.29) is 10.8 Å². The van der Waals surface area contributed by atoms with Gasteiger partial charge in [0.05, 0.1) is 23.4 Å². The normalized spacial score (nSPS) is 11.7. The number of aliphatic hydroxyl groups is 1. The maximum absolute atomic E-state index is 10.4. The van der Waals surface area contributed by atoms with Crippen LogP contribution in [0.25, 0.3) is 0 Å². The number of nitro groups is 1. The minimum Gasteiger partial charge on any atom is -0.390 e. The molecule has 0 bridgehead atoms. The Morgan fingerprint density at radius 3 is 2.73 bits per heavy atom. The molecule has 0 radical (unpaired) electrons. The Morgan fingerprint density at radius 1 is 1.73 bits per heavy atom. The van der Waals surface area contributed by atoms with Crippen molar-refractivity contribution in [3.63, 3.8) is 0 Å². The third-order valence-corrected chi connectivity index (χ3v) is 2.09. The summed E-state index contributed by atoms with van der Waals surface area (Å²) in [5.74, 6) is -0.354. The summed E-state index contributed by atoms with van der Waals surface area (Å²) in [7, 11) is 0.